The topological polar surface area (TPSA) is 72.9 Å². The van der Waals surface area contributed by atoms with E-state index in [2.05, 4.69) is 0 Å². The van der Waals surface area contributed by atoms with Crippen molar-refractivity contribution in [2.75, 3.05) is 7.11 Å². The highest BCUT2D eigenvalue weighted by molar-refractivity contribution is 14.1. The van der Waals surface area contributed by atoms with E-state index in [1.807, 2.05) is 53.8 Å². The first-order valence-corrected chi connectivity index (χ1v) is 12.7. The lowest BCUT2D eigenvalue weighted by atomic mass is 10.1. The predicted molar refractivity (Wildman–Crippen MR) is 145 cm³/mol. The van der Waals surface area contributed by atoms with Crippen LogP contribution in [-0.4, -0.2) is 29.1 Å². The number of methoxy groups -OCH3 is 1. The number of carbonyl (C=O) groups excluding carboxylic acids is 3. The van der Waals surface area contributed by atoms with Gasteiger partial charge in [0.05, 0.1) is 27.7 Å². The van der Waals surface area contributed by atoms with E-state index < -0.39 is 5.97 Å². The summed E-state index contributed by atoms with van der Waals surface area (Å²) in [7, 11) is 1.46. The van der Waals surface area contributed by atoms with Gasteiger partial charge in [0, 0.05) is 5.02 Å². The Kier molecular flexibility index (Phi) is 7.83. The summed E-state index contributed by atoms with van der Waals surface area (Å²) >= 11 is 8.81. The molecule has 6 nitrogen and oxygen atoms in total. The Morgan fingerprint density at radius 3 is 2.54 bits per heavy atom. The molecule has 1 aliphatic heterocycles. The third kappa shape index (κ3) is 5.88. The molecule has 35 heavy (non-hydrogen) atoms. The number of esters is 1. The predicted octanol–water partition coefficient (Wildman–Crippen LogP) is 6.72. The summed E-state index contributed by atoms with van der Waals surface area (Å²) in [4.78, 5) is 39.6. The summed E-state index contributed by atoms with van der Waals surface area (Å²) in [5, 5.41) is 0.194. The Hall–Kier alpha value is -2.82. The first-order valence-electron chi connectivity index (χ1n) is 10.4. The van der Waals surface area contributed by atoms with Crippen molar-refractivity contribution in [3.05, 3.63) is 96.4 Å². The number of nitrogens with zero attached hydrogens (tertiary/aromatic N) is 1. The van der Waals surface area contributed by atoms with Crippen LogP contribution in [0.3, 0.4) is 0 Å². The van der Waals surface area contributed by atoms with Gasteiger partial charge < -0.3 is 9.47 Å². The molecule has 0 aliphatic carbocycles. The second kappa shape index (κ2) is 10.8. The van der Waals surface area contributed by atoms with Gasteiger partial charge in [0.15, 0.2) is 11.5 Å². The van der Waals surface area contributed by atoms with Gasteiger partial charge >= 0.3 is 5.97 Å². The Morgan fingerprint density at radius 1 is 1.11 bits per heavy atom. The molecule has 0 aromatic heterocycles. The van der Waals surface area contributed by atoms with Crippen molar-refractivity contribution in [1.29, 1.82) is 0 Å². The molecule has 2 amide bonds. The summed E-state index contributed by atoms with van der Waals surface area (Å²) in [6, 6.07) is 17.5. The molecule has 4 rings (SSSR count). The van der Waals surface area contributed by atoms with E-state index in [-0.39, 0.29) is 23.4 Å². The zero-order chi connectivity index (χ0) is 25.1. The van der Waals surface area contributed by atoms with Crippen LogP contribution in [0.25, 0.3) is 6.08 Å². The number of ether oxygens (including phenoxy) is 2. The first kappa shape index (κ1) is 25.3. The Bertz CT molecular complexity index is 1360. The van der Waals surface area contributed by atoms with Crippen molar-refractivity contribution in [1.82, 2.24) is 4.90 Å². The van der Waals surface area contributed by atoms with Crippen LogP contribution >= 0.6 is 46.0 Å². The number of halogens is 2. The number of rotatable bonds is 6. The summed E-state index contributed by atoms with van der Waals surface area (Å²) in [5.41, 5.74) is 2.93. The molecule has 1 saturated heterocycles. The average molecular weight is 620 g/mol. The fourth-order valence-electron chi connectivity index (χ4n) is 3.44. The smallest absolute Gasteiger partial charge is 0.343 e. The SMILES string of the molecule is COc1cc(/C=C2\SC(=O)N(Cc3cccc(C)c3)C2=O)cc(I)c1OC(=O)c1ccc(Cl)cc1. The molecular formula is C26H19ClINO5S. The van der Waals surface area contributed by atoms with Gasteiger partial charge in [0.2, 0.25) is 0 Å². The van der Waals surface area contributed by atoms with Crippen LogP contribution in [0.15, 0.2) is 65.6 Å². The van der Waals surface area contributed by atoms with E-state index in [9.17, 15) is 14.4 Å². The van der Waals surface area contributed by atoms with Crippen molar-refractivity contribution in [2.24, 2.45) is 0 Å². The molecule has 0 saturated carbocycles. The molecule has 0 unspecified atom stereocenters. The number of carbonyl (C=O) groups is 3. The van der Waals surface area contributed by atoms with E-state index in [0.29, 0.717) is 30.4 Å². The van der Waals surface area contributed by atoms with Crippen LogP contribution in [0.2, 0.25) is 5.02 Å². The third-order valence-electron chi connectivity index (χ3n) is 5.12. The van der Waals surface area contributed by atoms with Crippen LogP contribution < -0.4 is 9.47 Å². The van der Waals surface area contributed by atoms with E-state index in [4.69, 9.17) is 21.1 Å². The van der Waals surface area contributed by atoms with Gasteiger partial charge in [-0.2, -0.15) is 0 Å². The zero-order valence-electron chi connectivity index (χ0n) is 18.7. The standard InChI is InChI=1S/C26H19ClINO5S/c1-15-4-3-5-16(10-15)14-29-24(30)22(35-26(29)32)13-17-11-20(28)23(21(12-17)33-2)34-25(31)18-6-8-19(27)9-7-18/h3-13H,14H2,1-2H3/b22-13-. The maximum atomic E-state index is 12.9. The molecule has 0 spiro atoms. The molecule has 0 N–H and O–H groups in total. The molecule has 0 bridgehead atoms. The van der Waals surface area contributed by atoms with Crippen LogP contribution in [0.5, 0.6) is 11.5 Å². The van der Waals surface area contributed by atoms with Gasteiger partial charge in [-0.25, -0.2) is 4.79 Å². The van der Waals surface area contributed by atoms with E-state index in [1.165, 1.54) is 12.0 Å². The highest BCUT2D eigenvalue weighted by atomic mass is 127. The maximum absolute atomic E-state index is 12.9. The van der Waals surface area contributed by atoms with Gasteiger partial charge in [0.25, 0.3) is 11.1 Å². The molecule has 9 heteroatoms. The lowest BCUT2D eigenvalue weighted by molar-refractivity contribution is -0.123. The van der Waals surface area contributed by atoms with Crippen LogP contribution in [0.4, 0.5) is 4.79 Å². The number of thioether (sulfide) groups is 1. The molecular weight excluding hydrogens is 601 g/mol. The van der Waals surface area contributed by atoms with Crippen molar-refractivity contribution in [3.8, 4) is 11.5 Å². The summed E-state index contributed by atoms with van der Waals surface area (Å²) in [6.07, 6.45) is 1.64. The van der Waals surface area contributed by atoms with Crippen LogP contribution in [0, 0.1) is 10.5 Å². The molecule has 3 aromatic rings. The first-order chi connectivity index (χ1) is 16.7. The van der Waals surface area contributed by atoms with Gasteiger partial charge in [-0.3, -0.25) is 14.5 Å². The number of imide groups is 1. The highest BCUT2D eigenvalue weighted by Gasteiger charge is 2.35. The van der Waals surface area contributed by atoms with Crippen LogP contribution in [-0.2, 0) is 11.3 Å². The Labute approximate surface area is 225 Å². The number of benzene rings is 3. The zero-order valence-corrected chi connectivity index (χ0v) is 22.4. The molecule has 178 valence electrons. The fourth-order valence-corrected chi connectivity index (χ4v) is 5.14. The van der Waals surface area contributed by atoms with E-state index >= 15 is 0 Å². The van der Waals surface area contributed by atoms with Crippen molar-refractivity contribution < 1.29 is 23.9 Å². The minimum Gasteiger partial charge on any atom is -0.493 e. The Balaban J connectivity index is 1.56. The average Bonchev–Trinajstić information content (AvgIpc) is 3.08. The van der Waals surface area contributed by atoms with Gasteiger partial charge in [-0.15, -0.1) is 0 Å². The number of aryl methyl sites for hydroxylation is 1. The second-order valence-electron chi connectivity index (χ2n) is 7.69. The minimum absolute atomic E-state index is 0.212. The third-order valence-corrected chi connectivity index (χ3v) is 7.08. The maximum Gasteiger partial charge on any atom is 0.343 e. The summed E-state index contributed by atoms with van der Waals surface area (Å²) < 4.78 is 11.6. The lowest BCUT2D eigenvalue weighted by Gasteiger charge is -2.13. The number of amides is 2. The highest BCUT2D eigenvalue weighted by Crippen LogP contribution is 2.38. The summed E-state index contributed by atoms with van der Waals surface area (Å²) in [6.45, 7) is 2.17. The molecule has 1 heterocycles. The molecule has 1 fully saturated rings. The van der Waals surface area contributed by atoms with Gasteiger partial charge in [0.1, 0.15) is 0 Å². The fraction of sp³-hybridized carbons (Fsp3) is 0.115. The van der Waals surface area contributed by atoms with Gasteiger partial charge in [-0.05, 0) is 94.9 Å². The second-order valence-corrected chi connectivity index (χ2v) is 10.3. The van der Waals surface area contributed by atoms with Crippen molar-refractivity contribution >= 4 is 69.1 Å². The van der Waals surface area contributed by atoms with E-state index in [0.717, 1.165) is 22.9 Å². The number of hydrogen-bond donors (Lipinski definition) is 0. The van der Waals surface area contributed by atoms with Crippen molar-refractivity contribution in [3.63, 3.8) is 0 Å². The quantitative estimate of drug-likeness (QED) is 0.132. The number of hydrogen-bond acceptors (Lipinski definition) is 6. The molecule has 3 aromatic carbocycles. The molecule has 0 radical (unpaired) electrons. The minimum atomic E-state index is -0.553. The Morgan fingerprint density at radius 2 is 1.86 bits per heavy atom. The van der Waals surface area contributed by atoms with E-state index in [1.54, 1.807) is 42.5 Å². The molecule has 0 atom stereocenters. The summed E-state index contributed by atoms with van der Waals surface area (Å²) in [5.74, 6) is -0.321. The lowest BCUT2D eigenvalue weighted by Crippen LogP contribution is -2.27. The van der Waals surface area contributed by atoms with Gasteiger partial charge in [-0.1, -0.05) is 41.4 Å². The normalized spacial score (nSPS) is 14.5. The van der Waals surface area contributed by atoms with Crippen LogP contribution in [0.1, 0.15) is 27.0 Å². The molecule has 1 aliphatic rings. The monoisotopic (exact) mass is 619 g/mol. The van der Waals surface area contributed by atoms with Crippen molar-refractivity contribution in [2.45, 2.75) is 13.5 Å². The largest absolute Gasteiger partial charge is 0.493 e.